The van der Waals surface area contributed by atoms with Crippen molar-refractivity contribution in [2.75, 3.05) is 18.0 Å². The maximum atomic E-state index is 11.0. The molecule has 25 heavy (non-hydrogen) atoms. The normalized spacial score (nSPS) is 20.6. The molecule has 0 radical (unpaired) electrons. The zero-order valence-electron chi connectivity index (χ0n) is 14.8. The lowest BCUT2D eigenvalue weighted by Gasteiger charge is -2.25. The van der Waals surface area contributed by atoms with Crippen molar-refractivity contribution in [2.45, 2.75) is 39.2 Å². The molecule has 4 rings (SSSR count). The molecule has 2 aromatic heterocycles. The van der Waals surface area contributed by atoms with Crippen LogP contribution in [0.5, 0.6) is 0 Å². The first-order valence-electron chi connectivity index (χ1n) is 8.68. The fourth-order valence-electron chi connectivity index (χ4n) is 3.74. The Morgan fingerprint density at radius 1 is 1.24 bits per heavy atom. The second kappa shape index (κ2) is 5.81. The van der Waals surface area contributed by atoms with Crippen LogP contribution in [0.25, 0.3) is 10.9 Å². The molecular weight excluding hydrogens is 316 g/mol. The Morgan fingerprint density at radius 2 is 2.04 bits per heavy atom. The van der Waals surface area contributed by atoms with E-state index in [4.69, 9.17) is 9.51 Å². The van der Waals surface area contributed by atoms with Gasteiger partial charge in [0, 0.05) is 24.0 Å². The minimum Gasteiger partial charge on any atom is -0.378 e. The van der Waals surface area contributed by atoms with Gasteiger partial charge in [-0.3, -0.25) is 4.98 Å². The van der Waals surface area contributed by atoms with Crippen LogP contribution in [0, 0.1) is 13.8 Å². The van der Waals surface area contributed by atoms with Gasteiger partial charge in [-0.25, -0.2) is 0 Å². The average Bonchev–Trinajstić information content (AvgIpc) is 3.21. The Hall–Kier alpha value is -2.47. The number of β-amino-alcohol motifs (C(OH)–C–C–N with tert-alkyl or cyclic N) is 1. The van der Waals surface area contributed by atoms with E-state index in [1.807, 2.05) is 18.2 Å². The van der Waals surface area contributed by atoms with Crippen LogP contribution in [0.1, 0.15) is 36.3 Å². The third kappa shape index (κ3) is 2.57. The standard InChI is InChI=1S/C19H22N4O2/c1-4-15-12(2)17(14-7-5-6-8-16(14)21-15)23-10-9-19(24,11-23)18-20-13(3)22-25-18/h5-8,24H,4,9-11H2,1-3H3. The number of fused-ring (bicyclic) bond motifs is 1. The smallest absolute Gasteiger partial charge is 0.260 e. The number of aromatic nitrogens is 3. The number of rotatable bonds is 3. The number of anilines is 1. The first-order chi connectivity index (χ1) is 12.0. The van der Waals surface area contributed by atoms with Crippen LogP contribution >= 0.6 is 0 Å². The van der Waals surface area contributed by atoms with Gasteiger partial charge >= 0.3 is 0 Å². The first-order valence-corrected chi connectivity index (χ1v) is 8.68. The monoisotopic (exact) mass is 338 g/mol. The average molecular weight is 338 g/mol. The van der Waals surface area contributed by atoms with Crippen LogP contribution in [0.2, 0.25) is 0 Å². The molecule has 0 amide bonds. The number of aliphatic hydroxyl groups is 1. The zero-order chi connectivity index (χ0) is 17.6. The van der Waals surface area contributed by atoms with Gasteiger partial charge in [0.25, 0.3) is 5.89 Å². The Kier molecular flexibility index (Phi) is 3.72. The van der Waals surface area contributed by atoms with Gasteiger partial charge in [-0.05, 0) is 31.9 Å². The van der Waals surface area contributed by atoms with Crippen LogP contribution in [0.4, 0.5) is 5.69 Å². The van der Waals surface area contributed by atoms with Crippen molar-refractivity contribution in [1.29, 1.82) is 0 Å². The predicted octanol–water partition coefficient (Wildman–Crippen LogP) is 2.89. The molecule has 1 aromatic carbocycles. The molecule has 1 saturated heterocycles. The summed E-state index contributed by atoms with van der Waals surface area (Å²) < 4.78 is 5.25. The largest absolute Gasteiger partial charge is 0.378 e. The molecule has 0 spiro atoms. The van der Waals surface area contributed by atoms with Crippen LogP contribution in [0.3, 0.4) is 0 Å². The van der Waals surface area contributed by atoms with Crippen LogP contribution < -0.4 is 4.90 Å². The van der Waals surface area contributed by atoms with Gasteiger partial charge in [0.05, 0.1) is 17.7 Å². The SMILES string of the molecule is CCc1nc2ccccc2c(N2CCC(O)(c3nc(C)no3)C2)c1C. The Bertz CT molecular complexity index is 936. The molecule has 1 aliphatic heterocycles. The number of nitrogens with zero attached hydrogens (tertiary/aromatic N) is 4. The summed E-state index contributed by atoms with van der Waals surface area (Å²) in [4.78, 5) is 11.3. The summed E-state index contributed by atoms with van der Waals surface area (Å²) in [5, 5.41) is 16.0. The van der Waals surface area contributed by atoms with E-state index in [-0.39, 0.29) is 0 Å². The van der Waals surface area contributed by atoms with E-state index in [9.17, 15) is 5.11 Å². The summed E-state index contributed by atoms with van der Waals surface area (Å²) in [6, 6.07) is 8.18. The summed E-state index contributed by atoms with van der Waals surface area (Å²) in [5.74, 6) is 0.847. The Labute approximate surface area is 146 Å². The topological polar surface area (TPSA) is 75.3 Å². The maximum Gasteiger partial charge on any atom is 0.260 e. The minimum atomic E-state index is -1.11. The molecule has 1 unspecified atom stereocenters. The molecule has 1 aliphatic rings. The van der Waals surface area contributed by atoms with Gasteiger partial charge in [0.2, 0.25) is 0 Å². The summed E-state index contributed by atoms with van der Waals surface area (Å²) in [5.41, 5.74) is 3.30. The van der Waals surface area contributed by atoms with Crippen LogP contribution in [0.15, 0.2) is 28.8 Å². The maximum absolute atomic E-state index is 11.0. The third-order valence-corrected chi connectivity index (χ3v) is 5.03. The highest BCUT2D eigenvalue weighted by Crippen LogP contribution is 2.39. The Morgan fingerprint density at radius 3 is 2.76 bits per heavy atom. The fraction of sp³-hybridized carbons (Fsp3) is 0.421. The Balaban J connectivity index is 1.79. The van der Waals surface area contributed by atoms with Crippen LogP contribution in [-0.4, -0.2) is 33.3 Å². The van der Waals surface area contributed by atoms with Gasteiger partial charge in [-0.1, -0.05) is 30.3 Å². The molecule has 0 aliphatic carbocycles. The summed E-state index contributed by atoms with van der Waals surface area (Å²) in [7, 11) is 0. The number of aryl methyl sites for hydroxylation is 2. The number of benzene rings is 1. The molecule has 3 aromatic rings. The third-order valence-electron chi connectivity index (χ3n) is 5.03. The highest BCUT2D eigenvalue weighted by atomic mass is 16.5. The number of pyridine rings is 1. The number of hydrogen-bond donors (Lipinski definition) is 1. The predicted molar refractivity (Wildman–Crippen MR) is 95.6 cm³/mol. The summed E-state index contributed by atoms with van der Waals surface area (Å²) in [6.07, 6.45) is 1.44. The summed E-state index contributed by atoms with van der Waals surface area (Å²) >= 11 is 0. The minimum absolute atomic E-state index is 0.305. The van der Waals surface area contributed by atoms with E-state index < -0.39 is 5.60 Å². The van der Waals surface area contributed by atoms with Crippen LogP contribution in [-0.2, 0) is 12.0 Å². The molecule has 0 bridgehead atoms. The molecule has 6 nitrogen and oxygen atoms in total. The van der Waals surface area contributed by atoms with Gasteiger partial charge < -0.3 is 14.5 Å². The molecule has 1 fully saturated rings. The summed E-state index contributed by atoms with van der Waals surface area (Å²) in [6.45, 7) is 7.16. The molecule has 3 heterocycles. The van der Waals surface area contributed by atoms with E-state index in [0.29, 0.717) is 24.7 Å². The van der Waals surface area contributed by atoms with Crippen molar-refractivity contribution in [1.82, 2.24) is 15.1 Å². The molecular formula is C19H22N4O2. The first kappa shape index (κ1) is 16.0. The molecule has 6 heteroatoms. The van der Waals surface area contributed by atoms with E-state index in [0.717, 1.165) is 35.2 Å². The quantitative estimate of drug-likeness (QED) is 0.791. The lowest BCUT2D eigenvalue weighted by Crippen LogP contribution is -2.31. The van der Waals surface area contributed by atoms with Crippen molar-refractivity contribution in [3.63, 3.8) is 0 Å². The van der Waals surface area contributed by atoms with Gasteiger partial charge in [0.1, 0.15) is 0 Å². The number of para-hydroxylation sites is 1. The van der Waals surface area contributed by atoms with E-state index in [1.54, 1.807) is 6.92 Å². The van der Waals surface area contributed by atoms with Gasteiger partial charge in [-0.2, -0.15) is 4.98 Å². The molecule has 130 valence electrons. The number of hydrogen-bond acceptors (Lipinski definition) is 6. The van der Waals surface area contributed by atoms with E-state index in [2.05, 4.69) is 35.0 Å². The highest BCUT2D eigenvalue weighted by Gasteiger charge is 2.43. The van der Waals surface area contributed by atoms with Crippen molar-refractivity contribution in [3.8, 4) is 0 Å². The van der Waals surface area contributed by atoms with E-state index >= 15 is 0 Å². The fourth-order valence-corrected chi connectivity index (χ4v) is 3.74. The van der Waals surface area contributed by atoms with Crippen molar-refractivity contribution in [2.24, 2.45) is 0 Å². The van der Waals surface area contributed by atoms with Crippen molar-refractivity contribution < 1.29 is 9.63 Å². The van der Waals surface area contributed by atoms with Crippen molar-refractivity contribution in [3.05, 3.63) is 47.2 Å². The molecule has 1 N–H and O–H groups in total. The molecule has 0 saturated carbocycles. The second-order valence-corrected chi connectivity index (χ2v) is 6.75. The lowest BCUT2D eigenvalue weighted by molar-refractivity contribution is 0.0260. The highest BCUT2D eigenvalue weighted by molar-refractivity contribution is 5.94. The lowest BCUT2D eigenvalue weighted by atomic mass is 10.0. The second-order valence-electron chi connectivity index (χ2n) is 6.75. The van der Waals surface area contributed by atoms with Gasteiger partial charge in [0.15, 0.2) is 11.4 Å². The van der Waals surface area contributed by atoms with Crippen molar-refractivity contribution >= 4 is 16.6 Å². The molecule has 1 atom stereocenters. The van der Waals surface area contributed by atoms with E-state index in [1.165, 1.54) is 5.56 Å². The van der Waals surface area contributed by atoms with Gasteiger partial charge in [-0.15, -0.1) is 0 Å². The zero-order valence-corrected chi connectivity index (χ0v) is 14.8.